The summed E-state index contributed by atoms with van der Waals surface area (Å²) in [5.74, 6) is -0.913. The lowest BCUT2D eigenvalue weighted by Crippen LogP contribution is -2.41. The molecular weight excluding hydrogens is 357 g/mol. The van der Waals surface area contributed by atoms with Crippen molar-refractivity contribution in [1.29, 1.82) is 0 Å². The molecule has 0 aliphatic heterocycles. The van der Waals surface area contributed by atoms with Crippen molar-refractivity contribution < 1.29 is 22.8 Å². The zero-order chi connectivity index (χ0) is 18.8. The van der Waals surface area contributed by atoms with E-state index in [4.69, 9.17) is 11.6 Å². The quantitative estimate of drug-likeness (QED) is 0.751. The molecule has 0 radical (unpaired) electrons. The number of carbonyl (C=O) groups is 2. The van der Waals surface area contributed by atoms with Crippen LogP contribution in [0.2, 0.25) is 5.02 Å². The molecule has 0 spiro atoms. The van der Waals surface area contributed by atoms with E-state index in [2.05, 4.69) is 5.32 Å². The number of rotatable bonds is 6. The Morgan fingerprint density at radius 2 is 1.96 bits per heavy atom. The minimum absolute atomic E-state index is 0.0102. The van der Waals surface area contributed by atoms with Crippen molar-refractivity contribution in [1.82, 2.24) is 4.90 Å². The smallest absolute Gasteiger partial charge is 0.345 e. The summed E-state index contributed by atoms with van der Waals surface area (Å²) in [6, 6.07) is 2.70. The van der Waals surface area contributed by atoms with Crippen LogP contribution >= 0.6 is 11.6 Å². The molecule has 2 rings (SSSR count). The Morgan fingerprint density at radius 3 is 2.48 bits per heavy atom. The normalized spacial score (nSPS) is 15.6. The van der Waals surface area contributed by atoms with Crippen LogP contribution < -0.4 is 5.32 Å². The Kier molecular flexibility index (Phi) is 5.66. The van der Waals surface area contributed by atoms with Crippen molar-refractivity contribution in [2.45, 2.75) is 38.8 Å². The number of alkyl halides is 3. The van der Waals surface area contributed by atoms with Crippen LogP contribution in [0.5, 0.6) is 0 Å². The fourth-order valence-corrected chi connectivity index (χ4v) is 2.73. The van der Waals surface area contributed by atoms with Crippen molar-refractivity contribution in [3.63, 3.8) is 0 Å². The number of amides is 2. The molecule has 1 fully saturated rings. The number of benzene rings is 1. The van der Waals surface area contributed by atoms with E-state index < -0.39 is 23.1 Å². The van der Waals surface area contributed by atoms with Crippen molar-refractivity contribution in [2.75, 3.05) is 18.9 Å². The second-order valence-corrected chi connectivity index (χ2v) is 6.72. The second kappa shape index (κ2) is 7.23. The zero-order valence-corrected chi connectivity index (χ0v) is 14.8. The van der Waals surface area contributed by atoms with Crippen LogP contribution in [0.15, 0.2) is 18.2 Å². The second-order valence-electron chi connectivity index (χ2n) is 6.31. The first-order valence-corrected chi connectivity index (χ1v) is 8.43. The van der Waals surface area contributed by atoms with Crippen LogP contribution in [0, 0.1) is 5.41 Å². The molecule has 1 N–H and O–H groups in total. The summed E-state index contributed by atoms with van der Waals surface area (Å²) in [6.45, 7) is 2.53. The summed E-state index contributed by atoms with van der Waals surface area (Å²) in [5.41, 5.74) is -2.25. The van der Waals surface area contributed by atoms with E-state index in [1.807, 2.05) is 6.92 Å². The fourth-order valence-electron chi connectivity index (χ4n) is 2.56. The van der Waals surface area contributed by atoms with Gasteiger partial charge in [-0.25, -0.2) is 0 Å². The van der Waals surface area contributed by atoms with E-state index in [1.165, 1.54) is 4.90 Å². The molecular formula is C17H20ClF3N2O2. The highest BCUT2D eigenvalue weighted by molar-refractivity contribution is 6.34. The molecule has 0 bridgehead atoms. The molecule has 1 aromatic carbocycles. The summed E-state index contributed by atoms with van der Waals surface area (Å²) in [5, 5.41) is 2.39. The van der Waals surface area contributed by atoms with Crippen LogP contribution in [0.4, 0.5) is 18.9 Å². The highest BCUT2D eigenvalue weighted by atomic mass is 35.5. The number of nitrogens with one attached hydrogen (secondary N) is 1. The van der Waals surface area contributed by atoms with Crippen molar-refractivity contribution in [3.8, 4) is 0 Å². The first-order chi connectivity index (χ1) is 11.6. The van der Waals surface area contributed by atoms with Gasteiger partial charge in [-0.05, 0) is 37.5 Å². The van der Waals surface area contributed by atoms with Gasteiger partial charge in [-0.2, -0.15) is 13.2 Å². The molecule has 2 amide bonds. The summed E-state index contributed by atoms with van der Waals surface area (Å²) in [7, 11) is 1.63. The van der Waals surface area contributed by atoms with E-state index in [0.717, 1.165) is 31.0 Å². The molecule has 1 aliphatic carbocycles. The van der Waals surface area contributed by atoms with Gasteiger partial charge in [-0.3, -0.25) is 9.59 Å². The summed E-state index contributed by atoms with van der Waals surface area (Å²) < 4.78 is 38.5. The Morgan fingerprint density at radius 1 is 1.32 bits per heavy atom. The number of halogens is 4. The van der Waals surface area contributed by atoms with E-state index in [1.54, 1.807) is 7.05 Å². The monoisotopic (exact) mass is 376 g/mol. The minimum atomic E-state index is -4.54. The first kappa shape index (κ1) is 19.6. The Labute approximate surface area is 149 Å². The summed E-state index contributed by atoms with van der Waals surface area (Å²) >= 11 is 5.89. The Balaban J connectivity index is 2.15. The maximum Gasteiger partial charge on any atom is 0.416 e. The number of anilines is 1. The Hall–Kier alpha value is -1.76. The number of nitrogens with zero attached hydrogens (tertiary/aromatic N) is 1. The molecule has 1 aromatic rings. The first-order valence-electron chi connectivity index (χ1n) is 8.05. The van der Waals surface area contributed by atoms with Crippen molar-refractivity contribution in [3.05, 3.63) is 28.8 Å². The van der Waals surface area contributed by atoms with Gasteiger partial charge in [0.25, 0.3) is 0 Å². The molecule has 0 saturated heterocycles. The lowest BCUT2D eigenvalue weighted by molar-refractivity contribution is -0.141. The molecule has 25 heavy (non-hydrogen) atoms. The van der Waals surface area contributed by atoms with Gasteiger partial charge in [-0.1, -0.05) is 24.9 Å². The van der Waals surface area contributed by atoms with Gasteiger partial charge in [0, 0.05) is 13.6 Å². The third-order valence-electron chi connectivity index (χ3n) is 4.33. The predicted octanol–water partition coefficient (Wildman–Crippen LogP) is 4.34. The average molecular weight is 377 g/mol. The van der Waals surface area contributed by atoms with Crippen molar-refractivity contribution in [2.24, 2.45) is 5.41 Å². The average Bonchev–Trinajstić information content (AvgIpc) is 3.34. The van der Waals surface area contributed by atoms with Crippen LogP contribution in [0.1, 0.15) is 38.2 Å². The predicted molar refractivity (Wildman–Crippen MR) is 89.3 cm³/mol. The standard InChI is InChI=1S/C17H20ClF3N2O2/c1-3-4-9-23(2)15(25)16(7-8-16)14(24)22-13-10-11(17(19,20)21)5-6-12(13)18/h5-6,10H,3-4,7-9H2,1-2H3,(H,22,24). The fraction of sp³-hybridized carbons (Fsp3) is 0.529. The van der Waals surface area contributed by atoms with Gasteiger partial charge in [0.15, 0.2) is 0 Å². The van der Waals surface area contributed by atoms with Gasteiger partial charge < -0.3 is 10.2 Å². The third-order valence-corrected chi connectivity index (χ3v) is 4.66. The maximum atomic E-state index is 12.8. The lowest BCUT2D eigenvalue weighted by atomic mass is 10.0. The van der Waals surface area contributed by atoms with Crippen molar-refractivity contribution >= 4 is 29.1 Å². The highest BCUT2D eigenvalue weighted by Gasteiger charge is 2.57. The highest BCUT2D eigenvalue weighted by Crippen LogP contribution is 2.48. The topological polar surface area (TPSA) is 49.4 Å². The minimum Gasteiger partial charge on any atom is -0.345 e. The number of unbranched alkanes of at least 4 members (excludes halogenated alkanes) is 1. The molecule has 0 heterocycles. The van der Waals surface area contributed by atoms with Crippen LogP contribution in [0.3, 0.4) is 0 Å². The summed E-state index contributed by atoms with van der Waals surface area (Å²) in [6.07, 6.45) is -2.05. The SMILES string of the molecule is CCCCN(C)C(=O)C1(C(=O)Nc2cc(C(F)(F)F)ccc2Cl)CC1. The zero-order valence-electron chi connectivity index (χ0n) is 14.0. The summed E-state index contributed by atoms with van der Waals surface area (Å²) in [4.78, 5) is 26.6. The van der Waals surface area contributed by atoms with Gasteiger partial charge in [0.05, 0.1) is 16.3 Å². The third kappa shape index (κ3) is 4.26. The molecule has 0 unspecified atom stereocenters. The van der Waals surface area contributed by atoms with Crippen LogP contribution in [0.25, 0.3) is 0 Å². The van der Waals surface area contributed by atoms with Gasteiger partial charge in [-0.15, -0.1) is 0 Å². The Bertz CT molecular complexity index is 672. The number of hydrogen-bond acceptors (Lipinski definition) is 2. The lowest BCUT2D eigenvalue weighted by Gasteiger charge is -2.23. The number of carbonyl (C=O) groups excluding carboxylic acids is 2. The van der Waals surface area contributed by atoms with Gasteiger partial charge in [0.1, 0.15) is 5.41 Å². The van der Waals surface area contributed by atoms with E-state index in [0.29, 0.717) is 19.4 Å². The van der Waals surface area contributed by atoms with E-state index in [9.17, 15) is 22.8 Å². The molecule has 4 nitrogen and oxygen atoms in total. The largest absolute Gasteiger partial charge is 0.416 e. The molecule has 8 heteroatoms. The van der Waals surface area contributed by atoms with E-state index >= 15 is 0 Å². The molecule has 0 aromatic heterocycles. The number of hydrogen-bond donors (Lipinski definition) is 1. The van der Waals surface area contributed by atoms with E-state index in [-0.39, 0.29) is 16.6 Å². The molecule has 0 atom stereocenters. The van der Waals surface area contributed by atoms with Gasteiger partial charge in [0.2, 0.25) is 11.8 Å². The maximum absolute atomic E-state index is 12.8. The molecule has 138 valence electrons. The van der Waals surface area contributed by atoms with Crippen LogP contribution in [-0.2, 0) is 15.8 Å². The molecule has 1 saturated carbocycles. The van der Waals surface area contributed by atoms with Gasteiger partial charge >= 0.3 is 6.18 Å². The van der Waals surface area contributed by atoms with Crippen LogP contribution in [-0.4, -0.2) is 30.3 Å². The molecule has 1 aliphatic rings.